The molecule has 0 fully saturated rings. The fourth-order valence-electron chi connectivity index (χ4n) is 4.08. The van der Waals surface area contributed by atoms with Crippen molar-refractivity contribution < 1.29 is 14.4 Å². The molecule has 6 nitrogen and oxygen atoms in total. The smallest absolute Gasteiger partial charge is 0.283 e. The average Bonchev–Trinajstić information content (AvgIpc) is 3.15. The Morgan fingerprint density at radius 3 is 2.23 bits per heavy atom. The zero-order valence-electron chi connectivity index (χ0n) is 21.2. The van der Waals surface area contributed by atoms with Gasteiger partial charge in [-0.3, -0.25) is 14.4 Å². The van der Waals surface area contributed by atoms with Crippen molar-refractivity contribution in [2.75, 3.05) is 15.5 Å². The minimum atomic E-state index is -0.433. The first-order valence-electron chi connectivity index (χ1n) is 12.2. The molecule has 5 rings (SSSR count). The molecule has 2 N–H and O–H groups in total. The lowest BCUT2D eigenvalue weighted by atomic mass is 10.1. The number of thioether (sulfide) groups is 1. The van der Waals surface area contributed by atoms with Crippen LogP contribution in [0.25, 0.3) is 0 Å². The third-order valence-corrected chi connectivity index (χ3v) is 7.67. The molecule has 0 unspecified atom stereocenters. The maximum absolute atomic E-state index is 13.7. The van der Waals surface area contributed by atoms with Crippen LogP contribution < -0.4 is 15.5 Å². The normalized spacial score (nSPS) is 13.2. The van der Waals surface area contributed by atoms with Gasteiger partial charge in [0.25, 0.3) is 17.7 Å². The van der Waals surface area contributed by atoms with E-state index in [-0.39, 0.29) is 16.5 Å². The zero-order valence-corrected chi connectivity index (χ0v) is 22.8. The summed E-state index contributed by atoms with van der Waals surface area (Å²) >= 11 is 7.34. The molecule has 8 heteroatoms. The molecule has 0 aromatic heterocycles. The third-order valence-electron chi connectivity index (χ3n) is 6.26. The summed E-state index contributed by atoms with van der Waals surface area (Å²) in [7, 11) is 0. The van der Waals surface area contributed by atoms with E-state index in [9.17, 15) is 14.4 Å². The Bertz CT molecular complexity index is 1640. The number of carbonyl (C=O) groups excluding carboxylic acids is 3. The van der Waals surface area contributed by atoms with Crippen LogP contribution in [0.15, 0.2) is 113 Å². The molecular weight excluding hydrogens is 530 g/mol. The fourth-order valence-corrected chi connectivity index (χ4v) is 5.29. The zero-order chi connectivity index (χ0) is 27.5. The topological polar surface area (TPSA) is 78.5 Å². The molecule has 0 bridgehead atoms. The van der Waals surface area contributed by atoms with Gasteiger partial charge in [0.1, 0.15) is 10.6 Å². The molecule has 0 aliphatic carbocycles. The van der Waals surface area contributed by atoms with Gasteiger partial charge in [-0.1, -0.05) is 65.8 Å². The highest BCUT2D eigenvalue weighted by Crippen LogP contribution is 2.39. The number of nitrogens with one attached hydrogen (secondary N) is 2. The Morgan fingerprint density at radius 1 is 0.769 bits per heavy atom. The van der Waals surface area contributed by atoms with Crippen molar-refractivity contribution in [2.24, 2.45) is 0 Å². The van der Waals surface area contributed by atoms with Gasteiger partial charge < -0.3 is 10.6 Å². The number of aryl methyl sites for hydroxylation is 2. The molecule has 0 saturated heterocycles. The van der Waals surface area contributed by atoms with Crippen LogP contribution in [0.5, 0.6) is 0 Å². The van der Waals surface area contributed by atoms with Crippen LogP contribution in [0.4, 0.5) is 17.1 Å². The van der Waals surface area contributed by atoms with E-state index in [4.69, 9.17) is 11.6 Å². The first-order valence-corrected chi connectivity index (χ1v) is 13.4. The Labute approximate surface area is 235 Å². The maximum Gasteiger partial charge on any atom is 0.283 e. The number of hydrogen-bond acceptors (Lipinski definition) is 5. The molecule has 4 aromatic rings. The summed E-state index contributed by atoms with van der Waals surface area (Å²) in [6, 6.07) is 28.6. The SMILES string of the molecule is Cc1ccc(N2C(=O)C(Nc3ccccc3)=C(Sc3cccc(NC(=O)c4ccccc4Cl)c3)C2=O)cc1C. The Hall–Kier alpha value is -4.33. The highest BCUT2D eigenvalue weighted by atomic mass is 35.5. The summed E-state index contributed by atoms with van der Waals surface area (Å²) in [5.74, 6) is -1.20. The molecule has 39 heavy (non-hydrogen) atoms. The van der Waals surface area contributed by atoms with Crippen LogP contribution >= 0.6 is 23.4 Å². The molecule has 0 saturated carbocycles. The van der Waals surface area contributed by atoms with Crippen molar-refractivity contribution in [1.82, 2.24) is 0 Å². The predicted octanol–water partition coefficient (Wildman–Crippen LogP) is 7.20. The van der Waals surface area contributed by atoms with E-state index in [1.807, 2.05) is 62.4 Å². The first kappa shape index (κ1) is 26.3. The maximum atomic E-state index is 13.7. The molecule has 194 valence electrons. The van der Waals surface area contributed by atoms with Crippen molar-refractivity contribution >= 4 is 58.1 Å². The second-order valence-electron chi connectivity index (χ2n) is 8.97. The molecule has 0 atom stereocenters. The molecule has 0 spiro atoms. The van der Waals surface area contributed by atoms with E-state index in [0.717, 1.165) is 22.9 Å². The monoisotopic (exact) mass is 553 g/mol. The van der Waals surface area contributed by atoms with E-state index in [1.54, 1.807) is 48.5 Å². The average molecular weight is 554 g/mol. The number of anilines is 3. The summed E-state index contributed by atoms with van der Waals surface area (Å²) in [6.45, 7) is 3.92. The van der Waals surface area contributed by atoms with Crippen molar-refractivity contribution in [3.63, 3.8) is 0 Å². The molecule has 1 aliphatic heterocycles. The summed E-state index contributed by atoms with van der Waals surface area (Å²) in [6.07, 6.45) is 0. The van der Waals surface area contributed by atoms with Gasteiger partial charge in [0.15, 0.2) is 0 Å². The summed E-state index contributed by atoms with van der Waals surface area (Å²) < 4.78 is 0. The number of amides is 3. The molecule has 0 radical (unpaired) electrons. The van der Waals surface area contributed by atoms with E-state index < -0.39 is 11.8 Å². The third kappa shape index (κ3) is 5.60. The van der Waals surface area contributed by atoms with Crippen LogP contribution in [-0.2, 0) is 9.59 Å². The van der Waals surface area contributed by atoms with E-state index in [0.29, 0.717) is 32.5 Å². The summed E-state index contributed by atoms with van der Waals surface area (Å²) in [5.41, 5.74) is 4.33. The lowest BCUT2D eigenvalue weighted by molar-refractivity contribution is -0.120. The molecule has 1 aliphatic rings. The van der Waals surface area contributed by atoms with Gasteiger partial charge in [0, 0.05) is 16.3 Å². The van der Waals surface area contributed by atoms with Gasteiger partial charge in [-0.05, 0) is 79.6 Å². The molecule has 3 amide bonds. The standard InChI is InChI=1S/C31H24ClN3O3S/c1-19-15-16-23(17-20(19)2)35-30(37)27(33-21-9-4-3-5-10-21)28(31(35)38)39-24-12-8-11-22(18-24)34-29(36)25-13-6-7-14-26(25)32/h3-18,33H,1-2H3,(H,34,36). The Morgan fingerprint density at radius 2 is 1.49 bits per heavy atom. The first-order chi connectivity index (χ1) is 18.8. The van der Waals surface area contributed by atoms with Crippen molar-refractivity contribution in [3.05, 3.63) is 129 Å². The number of para-hydroxylation sites is 1. The van der Waals surface area contributed by atoms with E-state index in [1.165, 1.54) is 4.90 Å². The van der Waals surface area contributed by atoms with Crippen molar-refractivity contribution in [3.8, 4) is 0 Å². The fraction of sp³-hybridized carbons (Fsp3) is 0.0645. The number of benzene rings is 4. The number of nitrogens with zero attached hydrogens (tertiary/aromatic N) is 1. The number of imide groups is 1. The summed E-state index contributed by atoms with van der Waals surface area (Å²) in [5, 5.41) is 6.36. The van der Waals surface area contributed by atoms with Crippen LogP contribution in [0.3, 0.4) is 0 Å². The second kappa shape index (κ2) is 11.2. The minimum Gasteiger partial charge on any atom is -0.350 e. The lowest BCUT2D eigenvalue weighted by Gasteiger charge is -2.16. The minimum absolute atomic E-state index is 0.194. The quantitative estimate of drug-likeness (QED) is 0.237. The molecule has 4 aromatic carbocycles. The largest absolute Gasteiger partial charge is 0.350 e. The van der Waals surface area contributed by atoms with E-state index >= 15 is 0 Å². The van der Waals surface area contributed by atoms with Crippen LogP contribution in [0.2, 0.25) is 5.02 Å². The van der Waals surface area contributed by atoms with Crippen molar-refractivity contribution in [1.29, 1.82) is 0 Å². The van der Waals surface area contributed by atoms with Gasteiger partial charge in [-0.25, -0.2) is 4.90 Å². The highest BCUT2D eigenvalue weighted by molar-refractivity contribution is 8.04. The number of hydrogen-bond donors (Lipinski definition) is 2. The van der Waals surface area contributed by atoms with Gasteiger partial charge in [-0.15, -0.1) is 0 Å². The van der Waals surface area contributed by atoms with E-state index in [2.05, 4.69) is 10.6 Å². The van der Waals surface area contributed by atoms with Gasteiger partial charge in [0.05, 0.1) is 16.3 Å². The van der Waals surface area contributed by atoms with Gasteiger partial charge in [-0.2, -0.15) is 0 Å². The highest BCUT2D eigenvalue weighted by Gasteiger charge is 2.40. The molecule has 1 heterocycles. The Kier molecular flexibility index (Phi) is 7.54. The van der Waals surface area contributed by atoms with Crippen LogP contribution in [0, 0.1) is 13.8 Å². The van der Waals surface area contributed by atoms with Crippen LogP contribution in [0.1, 0.15) is 21.5 Å². The summed E-state index contributed by atoms with van der Waals surface area (Å²) in [4.78, 5) is 42.2. The second-order valence-corrected chi connectivity index (χ2v) is 10.5. The number of carbonyl (C=O) groups is 3. The van der Waals surface area contributed by atoms with Gasteiger partial charge in [0.2, 0.25) is 0 Å². The molecular formula is C31H24ClN3O3S. The van der Waals surface area contributed by atoms with Crippen LogP contribution in [-0.4, -0.2) is 17.7 Å². The number of rotatable bonds is 7. The predicted molar refractivity (Wildman–Crippen MR) is 157 cm³/mol. The Balaban J connectivity index is 1.46. The number of halogens is 1. The van der Waals surface area contributed by atoms with Gasteiger partial charge >= 0.3 is 0 Å². The lowest BCUT2D eigenvalue weighted by Crippen LogP contribution is -2.32. The van der Waals surface area contributed by atoms with Crippen molar-refractivity contribution in [2.45, 2.75) is 18.7 Å².